The Balaban J connectivity index is 1.46. The highest BCUT2D eigenvalue weighted by molar-refractivity contribution is 6.04. The zero-order chi connectivity index (χ0) is 19.9. The average molecular weight is 376 g/mol. The lowest BCUT2D eigenvalue weighted by atomic mass is 9.94. The quantitative estimate of drug-likeness (QED) is 0.806. The number of amides is 2. The lowest BCUT2D eigenvalue weighted by Crippen LogP contribution is -2.37. The van der Waals surface area contributed by atoms with Crippen LogP contribution in [0.1, 0.15) is 45.9 Å². The minimum Gasteiger partial charge on any atom is -0.368 e. The highest BCUT2D eigenvalue weighted by Gasteiger charge is 2.44. The number of fused-ring (bicyclic) bond motifs is 1. The van der Waals surface area contributed by atoms with Crippen molar-refractivity contribution in [2.45, 2.75) is 30.7 Å². The zero-order valence-electron chi connectivity index (χ0n) is 16.4. The van der Waals surface area contributed by atoms with Crippen molar-refractivity contribution in [2.75, 3.05) is 27.2 Å². The first-order valence-corrected chi connectivity index (χ1v) is 9.76. The predicted molar refractivity (Wildman–Crippen MR) is 108 cm³/mol. The molecule has 0 spiro atoms. The fourth-order valence-corrected chi connectivity index (χ4v) is 4.39. The van der Waals surface area contributed by atoms with Crippen molar-refractivity contribution in [1.82, 2.24) is 9.80 Å². The summed E-state index contributed by atoms with van der Waals surface area (Å²) in [6, 6.07) is 16.2. The summed E-state index contributed by atoms with van der Waals surface area (Å²) in [4.78, 5) is 28.5. The van der Waals surface area contributed by atoms with Crippen molar-refractivity contribution in [2.24, 2.45) is 5.73 Å². The van der Waals surface area contributed by atoms with Crippen molar-refractivity contribution in [3.63, 3.8) is 0 Å². The summed E-state index contributed by atoms with van der Waals surface area (Å²) in [6.07, 6.45) is 3.16. The third-order valence-electron chi connectivity index (χ3n) is 5.91. The minimum atomic E-state index is -0.724. The Morgan fingerprint density at radius 3 is 2.57 bits per heavy atom. The largest absolute Gasteiger partial charge is 0.368 e. The number of hydrogen-bond acceptors (Lipinski definition) is 3. The number of hydrogen-bond donors (Lipinski definition) is 1. The van der Waals surface area contributed by atoms with Gasteiger partial charge in [-0.05, 0) is 56.6 Å². The van der Waals surface area contributed by atoms with Crippen molar-refractivity contribution in [3.05, 3.63) is 70.8 Å². The molecule has 2 aromatic rings. The summed E-state index contributed by atoms with van der Waals surface area (Å²) >= 11 is 0. The van der Waals surface area contributed by atoms with Crippen LogP contribution in [0.5, 0.6) is 0 Å². The monoisotopic (exact) mass is 376 g/mol. The number of rotatable bonds is 7. The molecule has 1 radical (unpaired) electrons. The fraction of sp³-hybridized carbons (Fsp3) is 0.391. The van der Waals surface area contributed by atoms with Gasteiger partial charge in [-0.1, -0.05) is 36.4 Å². The number of benzene rings is 2. The number of carbonyl (C=O) groups excluding carboxylic acids is 2. The lowest BCUT2D eigenvalue weighted by molar-refractivity contribution is -0.122. The predicted octanol–water partition coefficient (Wildman–Crippen LogP) is 2.30. The van der Waals surface area contributed by atoms with Crippen LogP contribution in [0, 0.1) is 6.07 Å². The van der Waals surface area contributed by atoms with E-state index in [9.17, 15) is 9.59 Å². The first-order valence-electron chi connectivity index (χ1n) is 9.76. The van der Waals surface area contributed by atoms with Crippen molar-refractivity contribution in [1.29, 1.82) is 0 Å². The van der Waals surface area contributed by atoms with Gasteiger partial charge < -0.3 is 15.5 Å². The molecule has 1 heterocycles. The molecule has 1 fully saturated rings. The fourth-order valence-electron chi connectivity index (χ4n) is 4.39. The van der Waals surface area contributed by atoms with Crippen molar-refractivity contribution >= 4 is 11.8 Å². The van der Waals surface area contributed by atoms with Gasteiger partial charge in [-0.2, -0.15) is 0 Å². The van der Waals surface area contributed by atoms with E-state index >= 15 is 0 Å². The smallest absolute Gasteiger partial charge is 0.255 e. The lowest BCUT2D eigenvalue weighted by Gasteiger charge is -2.23. The molecule has 1 aliphatic carbocycles. The molecule has 2 aromatic carbocycles. The van der Waals surface area contributed by atoms with Crippen molar-refractivity contribution in [3.8, 4) is 0 Å². The van der Waals surface area contributed by atoms with Crippen LogP contribution in [0.4, 0.5) is 0 Å². The van der Waals surface area contributed by atoms with E-state index in [4.69, 9.17) is 5.73 Å². The van der Waals surface area contributed by atoms with Gasteiger partial charge in [-0.15, -0.1) is 0 Å². The molecule has 2 amide bonds. The average Bonchev–Trinajstić information content (AvgIpc) is 3.38. The van der Waals surface area contributed by atoms with Crippen LogP contribution in [-0.4, -0.2) is 48.8 Å². The first kappa shape index (κ1) is 18.7. The van der Waals surface area contributed by atoms with E-state index in [1.807, 2.05) is 0 Å². The van der Waals surface area contributed by atoms with Crippen LogP contribution < -0.4 is 5.73 Å². The van der Waals surface area contributed by atoms with Gasteiger partial charge in [-0.3, -0.25) is 9.59 Å². The SMILES string of the molecule is CN(C)CC1(c2ccc(CCN3C(=O)c4ccc[c]c4C3C(N)=O)cc2)CC1. The molecule has 1 saturated carbocycles. The number of primary amides is 1. The Hall–Kier alpha value is -2.66. The van der Waals surface area contributed by atoms with E-state index < -0.39 is 11.9 Å². The summed E-state index contributed by atoms with van der Waals surface area (Å²) in [5.74, 6) is -0.653. The molecule has 0 aromatic heterocycles. The van der Waals surface area contributed by atoms with Gasteiger partial charge in [0.15, 0.2) is 0 Å². The molecule has 2 aliphatic rings. The third-order valence-corrected chi connectivity index (χ3v) is 5.91. The van der Waals surface area contributed by atoms with E-state index in [1.165, 1.54) is 18.4 Å². The number of nitrogens with zero attached hydrogens (tertiary/aromatic N) is 2. The minimum absolute atomic E-state index is 0.143. The van der Waals surface area contributed by atoms with Crippen LogP contribution in [0.25, 0.3) is 0 Å². The Bertz CT molecular complexity index is 900. The van der Waals surface area contributed by atoms with Gasteiger partial charge in [0.25, 0.3) is 5.91 Å². The van der Waals surface area contributed by atoms with E-state index in [0.717, 1.165) is 12.1 Å². The molecular weight excluding hydrogens is 350 g/mol. The van der Waals surface area contributed by atoms with E-state index in [-0.39, 0.29) is 5.91 Å². The second-order valence-corrected chi connectivity index (χ2v) is 8.27. The van der Waals surface area contributed by atoms with E-state index in [1.54, 1.807) is 23.1 Å². The van der Waals surface area contributed by atoms with Gasteiger partial charge >= 0.3 is 0 Å². The van der Waals surface area contributed by atoms with Gasteiger partial charge in [0.05, 0.1) is 0 Å². The second-order valence-electron chi connectivity index (χ2n) is 8.27. The van der Waals surface area contributed by atoms with Crippen LogP contribution in [-0.2, 0) is 16.6 Å². The van der Waals surface area contributed by atoms with Gasteiger partial charge in [0.2, 0.25) is 5.91 Å². The third kappa shape index (κ3) is 3.31. The molecule has 0 saturated heterocycles. The van der Waals surface area contributed by atoms with Crippen LogP contribution in [0.3, 0.4) is 0 Å². The Morgan fingerprint density at radius 2 is 1.96 bits per heavy atom. The van der Waals surface area contributed by atoms with E-state index in [2.05, 4.69) is 49.3 Å². The van der Waals surface area contributed by atoms with Gasteiger partial charge in [0, 0.05) is 29.6 Å². The Labute approximate surface area is 166 Å². The topological polar surface area (TPSA) is 66.6 Å². The van der Waals surface area contributed by atoms with Crippen LogP contribution >= 0.6 is 0 Å². The number of carbonyl (C=O) groups is 2. The van der Waals surface area contributed by atoms with Crippen molar-refractivity contribution < 1.29 is 9.59 Å². The van der Waals surface area contributed by atoms with E-state index in [0.29, 0.717) is 29.5 Å². The molecule has 0 bridgehead atoms. The van der Waals surface area contributed by atoms with Crippen LogP contribution in [0.15, 0.2) is 42.5 Å². The maximum Gasteiger partial charge on any atom is 0.255 e. The molecule has 2 N–H and O–H groups in total. The normalized spacial score (nSPS) is 19.8. The highest BCUT2D eigenvalue weighted by atomic mass is 16.2. The Kier molecular flexibility index (Phi) is 4.71. The van der Waals surface area contributed by atoms with Crippen LogP contribution in [0.2, 0.25) is 0 Å². The molecule has 28 heavy (non-hydrogen) atoms. The molecule has 145 valence electrons. The number of likely N-dealkylation sites (N-methyl/N-ethyl adjacent to an activating group) is 1. The summed E-state index contributed by atoms with van der Waals surface area (Å²) in [5.41, 5.74) is 9.56. The summed E-state index contributed by atoms with van der Waals surface area (Å²) < 4.78 is 0. The maximum atomic E-state index is 12.7. The zero-order valence-corrected chi connectivity index (χ0v) is 16.4. The molecule has 1 atom stereocenters. The van der Waals surface area contributed by atoms with Gasteiger partial charge in [-0.25, -0.2) is 0 Å². The molecule has 1 unspecified atom stereocenters. The standard InChI is InChI=1S/C23H26N3O2/c1-25(2)15-23(12-13-23)17-9-7-16(8-10-17)11-14-26-20(21(24)27)18-5-3-4-6-19(18)22(26)28/h3-4,6-10,20H,11-15H2,1-2H3,(H2,24,27). The highest BCUT2D eigenvalue weighted by Crippen LogP contribution is 2.48. The number of nitrogens with two attached hydrogens (primary N) is 1. The molecule has 4 rings (SSSR count). The van der Waals surface area contributed by atoms with Gasteiger partial charge in [0.1, 0.15) is 6.04 Å². The Morgan fingerprint density at radius 1 is 1.25 bits per heavy atom. The summed E-state index contributed by atoms with van der Waals surface area (Å²) in [5, 5.41) is 0. The molecule has 5 heteroatoms. The maximum absolute atomic E-state index is 12.7. The molecule has 5 nitrogen and oxygen atoms in total. The first-order chi connectivity index (χ1) is 13.4. The molecular formula is C23H26N3O2. The second kappa shape index (κ2) is 7.06. The summed E-state index contributed by atoms with van der Waals surface area (Å²) in [7, 11) is 4.23. The summed E-state index contributed by atoms with van der Waals surface area (Å²) in [6.45, 7) is 1.53. The molecule has 1 aliphatic heterocycles.